The summed E-state index contributed by atoms with van der Waals surface area (Å²) < 4.78 is 35.4. The second kappa shape index (κ2) is 8.25. The van der Waals surface area contributed by atoms with E-state index in [0.717, 1.165) is 5.56 Å². The lowest BCUT2D eigenvalue weighted by atomic mass is 9.80. The molecule has 156 valence electrons. The van der Waals surface area contributed by atoms with Crippen LogP contribution in [0.4, 0.5) is 0 Å². The van der Waals surface area contributed by atoms with Crippen molar-refractivity contribution in [2.75, 3.05) is 13.2 Å². The summed E-state index contributed by atoms with van der Waals surface area (Å²) in [6, 6.07) is 8.06. The zero-order valence-electron chi connectivity index (χ0n) is 17.0. The van der Waals surface area contributed by atoms with Crippen LogP contribution in [0.5, 0.6) is 0 Å². The molecule has 3 rings (SSSR count). The number of hydrogen-bond acceptors (Lipinski definition) is 6. The zero-order valence-corrected chi connectivity index (χ0v) is 17.9. The van der Waals surface area contributed by atoms with E-state index in [1.54, 1.807) is 13.8 Å². The van der Waals surface area contributed by atoms with Crippen LogP contribution in [0.2, 0.25) is 0 Å². The van der Waals surface area contributed by atoms with E-state index in [1.165, 1.54) is 5.56 Å². The number of hydrogen-bond donors (Lipinski definition) is 1. The van der Waals surface area contributed by atoms with Gasteiger partial charge in [-0.15, -0.1) is 0 Å². The standard InChI is InChI=1S/C20H30NO6P/c1-5-25-28(23,26-6-2)21-18(22)20-12-11-19(4,27-20)17(13-20)24-14-16-10-8-7-9-15(16)3/h7-10,17H,5-6,11-14H2,1-4H3,(H,21,22,23). The van der Waals surface area contributed by atoms with E-state index in [1.807, 2.05) is 38.1 Å². The van der Waals surface area contributed by atoms with Gasteiger partial charge in [-0.1, -0.05) is 24.3 Å². The summed E-state index contributed by atoms with van der Waals surface area (Å²) in [5, 5.41) is 2.47. The van der Waals surface area contributed by atoms with Crippen LogP contribution in [-0.4, -0.2) is 36.4 Å². The Balaban J connectivity index is 1.69. The quantitative estimate of drug-likeness (QED) is 0.621. The molecule has 3 atom stereocenters. The lowest BCUT2D eigenvalue weighted by molar-refractivity contribution is -0.143. The van der Waals surface area contributed by atoms with Crippen LogP contribution in [0.3, 0.4) is 0 Å². The number of rotatable bonds is 9. The molecule has 2 fully saturated rings. The van der Waals surface area contributed by atoms with E-state index in [0.29, 0.717) is 25.9 Å². The molecule has 3 unspecified atom stereocenters. The minimum absolute atomic E-state index is 0.172. The summed E-state index contributed by atoms with van der Waals surface area (Å²) in [6.45, 7) is 8.23. The predicted molar refractivity (Wildman–Crippen MR) is 105 cm³/mol. The molecule has 8 heteroatoms. The molecule has 2 saturated heterocycles. The van der Waals surface area contributed by atoms with E-state index >= 15 is 0 Å². The Morgan fingerprint density at radius 2 is 1.93 bits per heavy atom. The van der Waals surface area contributed by atoms with Crippen molar-refractivity contribution >= 4 is 13.7 Å². The summed E-state index contributed by atoms with van der Waals surface area (Å²) in [5.74, 6) is -0.455. The average molecular weight is 411 g/mol. The van der Waals surface area contributed by atoms with Gasteiger partial charge in [0.2, 0.25) is 0 Å². The van der Waals surface area contributed by atoms with Gasteiger partial charge >= 0.3 is 7.75 Å². The van der Waals surface area contributed by atoms with Gasteiger partial charge in [-0.2, -0.15) is 0 Å². The third kappa shape index (κ3) is 4.19. The number of ether oxygens (including phenoxy) is 2. The highest BCUT2D eigenvalue weighted by molar-refractivity contribution is 7.52. The predicted octanol–water partition coefficient (Wildman–Crippen LogP) is 3.89. The average Bonchev–Trinajstić information content (AvgIpc) is 3.13. The number of amides is 1. The molecule has 0 saturated carbocycles. The first-order valence-corrected chi connectivity index (χ1v) is 11.4. The van der Waals surface area contributed by atoms with Crippen LogP contribution >= 0.6 is 7.75 Å². The number of fused-ring (bicyclic) bond motifs is 2. The van der Waals surface area contributed by atoms with Gasteiger partial charge < -0.3 is 9.47 Å². The fourth-order valence-electron chi connectivity index (χ4n) is 4.00. The smallest absolute Gasteiger partial charge is 0.370 e. The van der Waals surface area contributed by atoms with Gasteiger partial charge in [0.15, 0.2) is 5.60 Å². The van der Waals surface area contributed by atoms with Gasteiger partial charge in [0.05, 0.1) is 31.5 Å². The topological polar surface area (TPSA) is 83.1 Å². The molecular weight excluding hydrogens is 381 g/mol. The van der Waals surface area contributed by atoms with Crippen molar-refractivity contribution in [1.82, 2.24) is 5.09 Å². The maximum Gasteiger partial charge on any atom is 0.434 e. The lowest BCUT2D eigenvalue weighted by Gasteiger charge is -2.30. The van der Waals surface area contributed by atoms with Crippen LogP contribution in [0.25, 0.3) is 0 Å². The number of nitrogens with one attached hydrogen (secondary N) is 1. The minimum Gasteiger partial charge on any atom is -0.370 e. The van der Waals surface area contributed by atoms with Crippen LogP contribution in [0.15, 0.2) is 24.3 Å². The molecule has 1 aromatic carbocycles. The fourth-order valence-corrected chi connectivity index (χ4v) is 5.34. The first-order chi connectivity index (χ1) is 13.3. The monoisotopic (exact) mass is 411 g/mol. The Morgan fingerprint density at radius 3 is 2.57 bits per heavy atom. The molecule has 2 aliphatic rings. The van der Waals surface area contributed by atoms with Gasteiger partial charge in [0.25, 0.3) is 5.91 Å². The Morgan fingerprint density at radius 1 is 1.25 bits per heavy atom. The fraction of sp³-hybridized carbons (Fsp3) is 0.650. The summed E-state index contributed by atoms with van der Waals surface area (Å²) in [4.78, 5) is 13.0. The zero-order chi connectivity index (χ0) is 20.4. The molecule has 1 aromatic rings. The highest BCUT2D eigenvalue weighted by Crippen LogP contribution is 2.54. The Labute approximate surface area is 166 Å². The van der Waals surface area contributed by atoms with Gasteiger partial charge in [-0.05, 0) is 51.7 Å². The largest absolute Gasteiger partial charge is 0.434 e. The Hall–Kier alpha value is -1.24. The van der Waals surface area contributed by atoms with E-state index in [4.69, 9.17) is 18.5 Å². The minimum atomic E-state index is -3.70. The molecule has 2 heterocycles. The van der Waals surface area contributed by atoms with E-state index in [-0.39, 0.29) is 19.3 Å². The maximum absolute atomic E-state index is 13.0. The third-order valence-corrected chi connectivity index (χ3v) is 7.27. The molecule has 2 bridgehead atoms. The molecule has 7 nitrogen and oxygen atoms in total. The summed E-state index contributed by atoms with van der Waals surface area (Å²) in [6.07, 6.45) is 1.45. The van der Waals surface area contributed by atoms with Crippen molar-refractivity contribution < 1.29 is 27.9 Å². The number of aryl methyl sites for hydroxylation is 1. The van der Waals surface area contributed by atoms with Crippen molar-refractivity contribution in [1.29, 1.82) is 0 Å². The van der Waals surface area contributed by atoms with Gasteiger partial charge in [-0.25, -0.2) is 4.57 Å². The van der Waals surface area contributed by atoms with E-state index in [2.05, 4.69) is 5.09 Å². The van der Waals surface area contributed by atoms with Crippen molar-refractivity contribution in [3.63, 3.8) is 0 Å². The third-order valence-electron chi connectivity index (χ3n) is 5.60. The normalized spacial score (nSPS) is 29.2. The van der Waals surface area contributed by atoms with Crippen LogP contribution in [0.1, 0.15) is 51.2 Å². The highest BCUT2D eigenvalue weighted by atomic mass is 31.2. The molecule has 0 spiro atoms. The second-order valence-electron chi connectivity index (χ2n) is 7.61. The Kier molecular flexibility index (Phi) is 6.32. The second-order valence-corrected chi connectivity index (χ2v) is 9.35. The first kappa shape index (κ1) is 21.5. The molecular formula is C20H30NO6P. The van der Waals surface area contributed by atoms with Crippen LogP contribution in [-0.2, 0) is 34.5 Å². The lowest BCUT2D eigenvalue weighted by Crippen LogP contribution is -2.45. The molecule has 0 radical (unpaired) electrons. The molecule has 28 heavy (non-hydrogen) atoms. The van der Waals surface area contributed by atoms with Gasteiger partial charge in [-0.3, -0.25) is 18.9 Å². The van der Waals surface area contributed by atoms with Crippen LogP contribution in [0, 0.1) is 6.92 Å². The van der Waals surface area contributed by atoms with Gasteiger partial charge in [0, 0.05) is 6.42 Å². The Bertz CT molecular complexity index is 761. The maximum atomic E-state index is 13.0. The van der Waals surface area contributed by atoms with E-state index in [9.17, 15) is 9.36 Å². The molecule has 0 aromatic heterocycles. The first-order valence-electron chi connectivity index (χ1n) is 9.84. The number of benzene rings is 1. The van der Waals surface area contributed by atoms with Crippen molar-refractivity contribution in [3.8, 4) is 0 Å². The van der Waals surface area contributed by atoms with Gasteiger partial charge in [0.1, 0.15) is 0 Å². The number of carbonyl (C=O) groups excluding carboxylic acids is 1. The molecule has 0 aliphatic carbocycles. The van der Waals surface area contributed by atoms with Crippen molar-refractivity contribution in [3.05, 3.63) is 35.4 Å². The number of carbonyl (C=O) groups is 1. The van der Waals surface area contributed by atoms with Crippen molar-refractivity contribution in [2.45, 2.75) is 70.9 Å². The highest BCUT2D eigenvalue weighted by Gasteiger charge is 2.63. The molecule has 1 amide bonds. The van der Waals surface area contributed by atoms with E-state index < -0.39 is 24.9 Å². The van der Waals surface area contributed by atoms with Crippen molar-refractivity contribution in [2.24, 2.45) is 0 Å². The summed E-state index contributed by atoms with van der Waals surface area (Å²) >= 11 is 0. The molecule has 2 aliphatic heterocycles. The molecule has 1 N–H and O–H groups in total. The SMILES string of the molecule is CCOP(=O)(NC(=O)C12CCC(C)(O1)C(OCc1ccccc1C)C2)OCC. The van der Waals surface area contributed by atoms with Crippen LogP contribution < -0.4 is 5.09 Å². The summed E-state index contributed by atoms with van der Waals surface area (Å²) in [7, 11) is -3.70. The summed E-state index contributed by atoms with van der Waals surface area (Å²) in [5.41, 5.74) is 0.680.